The number of rotatable bonds is 2. The molecule has 0 saturated heterocycles. The zero-order valence-corrected chi connectivity index (χ0v) is 13.7. The minimum Gasteiger partial charge on any atom is -0.444 e. The number of carbonyl (C=O) groups is 1. The quantitative estimate of drug-likeness (QED) is 0.905. The molecule has 0 aliphatic rings. The molecule has 1 heterocycles. The van der Waals surface area contributed by atoms with Crippen LogP contribution in [0.2, 0.25) is 5.02 Å². The number of halogens is 1. The van der Waals surface area contributed by atoms with Gasteiger partial charge in [0, 0.05) is 0 Å². The normalized spacial score (nSPS) is 13.0. The maximum absolute atomic E-state index is 12.0. The molecule has 22 heavy (non-hydrogen) atoms. The number of alkyl carbamates (subject to hydrolysis) is 1. The van der Waals surface area contributed by atoms with Crippen molar-refractivity contribution in [1.29, 1.82) is 0 Å². The van der Waals surface area contributed by atoms with Gasteiger partial charge in [0.05, 0.1) is 16.5 Å². The lowest BCUT2D eigenvalue weighted by atomic mass is 10.1. The SMILES string of the molecule is CC(NC(=O)OC(C)(C)C)c1cc2cccc(Cl)c2c(=O)o1. The third-order valence-corrected chi connectivity index (χ3v) is 3.23. The minimum atomic E-state index is -0.596. The second kappa shape index (κ2) is 6.01. The Bertz CT molecular complexity index is 761. The summed E-state index contributed by atoms with van der Waals surface area (Å²) < 4.78 is 10.4. The molecule has 0 radical (unpaired) electrons. The van der Waals surface area contributed by atoms with E-state index >= 15 is 0 Å². The molecular formula is C16H18ClNO4. The van der Waals surface area contributed by atoms with E-state index in [1.165, 1.54) is 0 Å². The number of carbonyl (C=O) groups excluding carboxylic acids is 1. The van der Waals surface area contributed by atoms with Gasteiger partial charge in [0.1, 0.15) is 11.4 Å². The molecule has 1 aromatic carbocycles. The first-order valence-electron chi connectivity index (χ1n) is 6.89. The van der Waals surface area contributed by atoms with E-state index < -0.39 is 23.4 Å². The maximum atomic E-state index is 12.0. The first-order valence-corrected chi connectivity index (χ1v) is 7.27. The molecule has 2 aromatic rings. The van der Waals surface area contributed by atoms with Crippen molar-refractivity contribution in [1.82, 2.24) is 5.32 Å². The molecular weight excluding hydrogens is 306 g/mol. The van der Waals surface area contributed by atoms with Gasteiger partial charge in [-0.15, -0.1) is 0 Å². The molecule has 1 atom stereocenters. The zero-order chi connectivity index (χ0) is 16.5. The average molecular weight is 324 g/mol. The summed E-state index contributed by atoms with van der Waals surface area (Å²) in [5, 5.41) is 3.97. The van der Waals surface area contributed by atoms with Crippen LogP contribution < -0.4 is 10.9 Å². The van der Waals surface area contributed by atoms with E-state index in [1.807, 2.05) is 0 Å². The maximum Gasteiger partial charge on any atom is 0.408 e. The number of fused-ring (bicyclic) bond motifs is 1. The van der Waals surface area contributed by atoms with E-state index in [9.17, 15) is 9.59 Å². The minimum absolute atomic E-state index is 0.331. The molecule has 1 unspecified atom stereocenters. The monoisotopic (exact) mass is 323 g/mol. The summed E-state index contributed by atoms with van der Waals surface area (Å²) in [4.78, 5) is 23.8. The van der Waals surface area contributed by atoms with Gasteiger partial charge in [0.25, 0.3) is 0 Å². The van der Waals surface area contributed by atoms with Crippen LogP contribution in [0.1, 0.15) is 39.5 Å². The molecule has 1 amide bonds. The Kier molecular flexibility index (Phi) is 4.47. The molecule has 0 aliphatic carbocycles. The highest BCUT2D eigenvalue weighted by atomic mass is 35.5. The molecule has 2 rings (SSSR count). The van der Waals surface area contributed by atoms with Gasteiger partial charge >= 0.3 is 11.7 Å². The fourth-order valence-electron chi connectivity index (χ4n) is 1.99. The molecule has 1 N–H and O–H groups in total. The van der Waals surface area contributed by atoms with Crippen LogP contribution in [-0.4, -0.2) is 11.7 Å². The number of nitrogens with one attached hydrogen (secondary N) is 1. The average Bonchev–Trinajstić information content (AvgIpc) is 2.35. The lowest BCUT2D eigenvalue weighted by Gasteiger charge is -2.21. The van der Waals surface area contributed by atoms with Crippen LogP contribution in [0.25, 0.3) is 10.8 Å². The number of benzene rings is 1. The second-order valence-electron chi connectivity index (χ2n) is 6.01. The fourth-order valence-corrected chi connectivity index (χ4v) is 2.25. The van der Waals surface area contributed by atoms with Crippen LogP contribution >= 0.6 is 11.6 Å². The lowest BCUT2D eigenvalue weighted by molar-refractivity contribution is 0.0501. The van der Waals surface area contributed by atoms with Crippen molar-refractivity contribution >= 4 is 28.5 Å². The number of hydrogen-bond donors (Lipinski definition) is 1. The van der Waals surface area contributed by atoms with Gasteiger partial charge in [-0.2, -0.15) is 0 Å². The molecule has 0 saturated carbocycles. The standard InChI is InChI=1S/C16H18ClNO4/c1-9(18-15(20)22-16(2,3)4)12-8-10-6-5-7-11(17)13(10)14(19)21-12/h5-9H,1-4H3,(H,18,20). The first-order chi connectivity index (χ1) is 10.2. The third kappa shape index (κ3) is 3.80. The topological polar surface area (TPSA) is 68.5 Å². The molecule has 0 aliphatic heterocycles. The summed E-state index contributed by atoms with van der Waals surface area (Å²) in [6.07, 6.45) is -0.575. The Morgan fingerprint density at radius 1 is 1.36 bits per heavy atom. The van der Waals surface area contributed by atoms with E-state index in [0.717, 1.165) is 0 Å². The van der Waals surface area contributed by atoms with Crippen molar-refractivity contribution in [2.24, 2.45) is 0 Å². The van der Waals surface area contributed by atoms with Gasteiger partial charge in [-0.05, 0) is 45.2 Å². The largest absolute Gasteiger partial charge is 0.444 e. The molecule has 0 fully saturated rings. The molecule has 0 spiro atoms. The Morgan fingerprint density at radius 3 is 2.68 bits per heavy atom. The lowest BCUT2D eigenvalue weighted by Crippen LogP contribution is -2.34. The Labute approximate surface area is 133 Å². The smallest absolute Gasteiger partial charge is 0.408 e. The predicted octanol–water partition coefficient (Wildman–Crippen LogP) is 4.03. The van der Waals surface area contributed by atoms with Crippen LogP contribution in [0.4, 0.5) is 4.79 Å². The van der Waals surface area contributed by atoms with Crippen LogP contribution in [0.5, 0.6) is 0 Å². The van der Waals surface area contributed by atoms with Gasteiger partial charge < -0.3 is 14.5 Å². The highest BCUT2D eigenvalue weighted by Gasteiger charge is 2.20. The fraction of sp³-hybridized carbons (Fsp3) is 0.375. The number of hydrogen-bond acceptors (Lipinski definition) is 4. The van der Waals surface area contributed by atoms with Crippen molar-refractivity contribution in [2.75, 3.05) is 0 Å². The van der Waals surface area contributed by atoms with Crippen LogP contribution in [0.3, 0.4) is 0 Å². The van der Waals surface area contributed by atoms with Crippen molar-refractivity contribution in [3.63, 3.8) is 0 Å². The van der Waals surface area contributed by atoms with E-state index in [2.05, 4.69) is 5.32 Å². The molecule has 6 heteroatoms. The van der Waals surface area contributed by atoms with Gasteiger partial charge in [-0.3, -0.25) is 0 Å². The van der Waals surface area contributed by atoms with Crippen LogP contribution in [-0.2, 0) is 4.74 Å². The highest BCUT2D eigenvalue weighted by molar-refractivity contribution is 6.35. The summed E-state index contributed by atoms with van der Waals surface area (Å²) in [5.41, 5.74) is -1.13. The summed E-state index contributed by atoms with van der Waals surface area (Å²) in [6.45, 7) is 7.03. The van der Waals surface area contributed by atoms with Crippen LogP contribution in [0, 0.1) is 0 Å². The van der Waals surface area contributed by atoms with Crippen molar-refractivity contribution < 1.29 is 13.9 Å². The van der Waals surface area contributed by atoms with E-state index in [1.54, 1.807) is 52.0 Å². The van der Waals surface area contributed by atoms with Gasteiger partial charge in [-0.25, -0.2) is 9.59 Å². The number of amides is 1. The van der Waals surface area contributed by atoms with Gasteiger partial charge in [-0.1, -0.05) is 23.7 Å². The van der Waals surface area contributed by atoms with E-state index in [0.29, 0.717) is 21.6 Å². The summed E-state index contributed by atoms with van der Waals surface area (Å²) in [6, 6.07) is 6.32. The van der Waals surface area contributed by atoms with Crippen molar-refractivity contribution in [3.8, 4) is 0 Å². The summed E-state index contributed by atoms with van der Waals surface area (Å²) in [5.74, 6) is 0.339. The summed E-state index contributed by atoms with van der Waals surface area (Å²) >= 11 is 6.00. The Balaban J connectivity index is 2.28. The Hall–Kier alpha value is -2.01. The van der Waals surface area contributed by atoms with Gasteiger partial charge in [0.15, 0.2) is 0 Å². The van der Waals surface area contributed by atoms with Crippen molar-refractivity contribution in [2.45, 2.75) is 39.3 Å². The molecule has 1 aromatic heterocycles. The molecule has 0 bridgehead atoms. The molecule has 118 valence electrons. The zero-order valence-electron chi connectivity index (χ0n) is 12.9. The highest BCUT2D eigenvalue weighted by Crippen LogP contribution is 2.23. The van der Waals surface area contributed by atoms with E-state index in [4.69, 9.17) is 20.8 Å². The van der Waals surface area contributed by atoms with Crippen LogP contribution in [0.15, 0.2) is 33.5 Å². The van der Waals surface area contributed by atoms with E-state index in [-0.39, 0.29) is 0 Å². The van der Waals surface area contributed by atoms with Crippen molar-refractivity contribution in [3.05, 3.63) is 45.5 Å². The third-order valence-electron chi connectivity index (χ3n) is 2.92. The predicted molar refractivity (Wildman–Crippen MR) is 85.3 cm³/mol. The molecule has 5 nitrogen and oxygen atoms in total. The van der Waals surface area contributed by atoms with Gasteiger partial charge in [0.2, 0.25) is 0 Å². The first kappa shape index (κ1) is 16.4. The number of ether oxygens (including phenoxy) is 1. The summed E-state index contributed by atoms with van der Waals surface area (Å²) in [7, 11) is 0. The second-order valence-corrected chi connectivity index (χ2v) is 6.42. The Morgan fingerprint density at radius 2 is 2.05 bits per heavy atom.